The topological polar surface area (TPSA) is 18.5 Å². The minimum absolute atomic E-state index is 0.281. The maximum absolute atomic E-state index is 12.6. The Hall–Kier alpha value is -0.900. The second kappa shape index (κ2) is 4.75. The van der Waals surface area contributed by atoms with Gasteiger partial charge in [0.2, 0.25) is 0 Å². The summed E-state index contributed by atoms with van der Waals surface area (Å²) in [5, 5.41) is 0.502. The fraction of sp³-hybridized carbons (Fsp3) is 0.273. The molecule has 0 amide bonds. The van der Waals surface area contributed by atoms with Gasteiger partial charge in [0.15, 0.2) is 6.29 Å². The number of rotatable bonds is 2. The molecule has 0 N–H and O–H groups in total. The van der Waals surface area contributed by atoms with Crippen molar-refractivity contribution in [3.8, 4) is 0 Å². The largest absolute Gasteiger partial charge is 0.347 e. The van der Waals surface area contributed by atoms with Gasteiger partial charge in [0.25, 0.3) is 0 Å². The number of hydrogen-bond acceptors (Lipinski definition) is 2. The highest BCUT2D eigenvalue weighted by atomic mass is 35.5. The van der Waals surface area contributed by atoms with Gasteiger partial charge in [0, 0.05) is 5.03 Å². The van der Waals surface area contributed by atoms with Crippen LogP contribution in [0.3, 0.4) is 0 Å². The van der Waals surface area contributed by atoms with Gasteiger partial charge in [-0.25, -0.2) is 4.39 Å². The molecule has 2 rings (SSSR count). The third-order valence-corrected chi connectivity index (χ3v) is 2.39. The van der Waals surface area contributed by atoms with Crippen LogP contribution in [0.4, 0.5) is 4.39 Å². The zero-order valence-electron chi connectivity index (χ0n) is 7.95. The van der Waals surface area contributed by atoms with Crippen molar-refractivity contribution in [3.63, 3.8) is 0 Å². The molecule has 0 atom stereocenters. The highest BCUT2D eigenvalue weighted by molar-refractivity contribution is 6.48. The molecule has 0 spiro atoms. The Bertz CT molecular complexity index is 355. The summed E-state index contributed by atoms with van der Waals surface area (Å²) in [7, 11) is 0. The third-order valence-electron chi connectivity index (χ3n) is 2.05. The van der Waals surface area contributed by atoms with E-state index in [4.69, 9.17) is 21.1 Å². The molecule has 1 aromatic carbocycles. The molecule has 1 fully saturated rings. The first-order valence-electron chi connectivity index (χ1n) is 4.62. The Morgan fingerprint density at radius 2 is 1.87 bits per heavy atom. The van der Waals surface area contributed by atoms with Crippen LogP contribution in [0.5, 0.6) is 0 Å². The van der Waals surface area contributed by atoms with Gasteiger partial charge in [-0.3, -0.25) is 0 Å². The van der Waals surface area contributed by atoms with Crippen LogP contribution in [-0.2, 0) is 9.47 Å². The molecule has 0 aromatic heterocycles. The van der Waals surface area contributed by atoms with Gasteiger partial charge < -0.3 is 9.47 Å². The fourth-order valence-corrected chi connectivity index (χ4v) is 1.53. The van der Waals surface area contributed by atoms with Gasteiger partial charge in [0.05, 0.1) is 13.2 Å². The molecule has 1 aliphatic rings. The number of benzene rings is 1. The van der Waals surface area contributed by atoms with Gasteiger partial charge in [-0.2, -0.15) is 0 Å². The minimum Gasteiger partial charge on any atom is -0.347 e. The van der Waals surface area contributed by atoms with Crippen LogP contribution in [0.1, 0.15) is 5.56 Å². The lowest BCUT2D eigenvalue weighted by atomic mass is 10.2. The quantitative estimate of drug-likeness (QED) is 0.775. The van der Waals surface area contributed by atoms with E-state index in [1.807, 2.05) is 0 Å². The van der Waals surface area contributed by atoms with Crippen LogP contribution >= 0.6 is 11.6 Å². The fourth-order valence-electron chi connectivity index (χ4n) is 1.30. The predicted molar refractivity (Wildman–Crippen MR) is 55.9 cm³/mol. The molecule has 1 heterocycles. The highest BCUT2D eigenvalue weighted by Gasteiger charge is 2.13. The Balaban J connectivity index is 2.12. The van der Waals surface area contributed by atoms with E-state index < -0.39 is 0 Å². The first-order valence-corrected chi connectivity index (χ1v) is 5.00. The second-order valence-corrected chi connectivity index (χ2v) is 3.54. The highest BCUT2D eigenvalue weighted by Crippen LogP contribution is 2.21. The maximum atomic E-state index is 12.6. The molecule has 4 heteroatoms. The van der Waals surface area contributed by atoms with Crippen molar-refractivity contribution in [1.82, 2.24) is 0 Å². The SMILES string of the molecule is Fc1ccc(/C(Cl)=C/C2OCCO2)cc1. The predicted octanol–water partition coefficient (Wildman–Crippen LogP) is 2.78. The zero-order chi connectivity index (χ0) is 10.7. The standard InChI is InChI=1S/C11H10ClFO2/c12-10(7-11-14-5-6-15-11)8-1-3-9(13)4-2-8/h1-4,7,11H,5-6H2/b10-7-. The average Bonchev–Trinajstić information content (AvgIpc) is 2.71. The first kappa shape index (κ1) is 10.6. The van der Waals surface area contributed by atoms with Gasteiger partial charge in [0.1, 0.15) is 5.82 Å². The summed E-state index contributed by atoms with van der Waals surface area (Å²) in [5.41, 5.74) is 0.747. The summed E-state index contributed by atoms with van der Waals surface area (Å²) in [6.07, 6.45) is 1.28. The Labute approximate surface area is 92.3 Å². The molecule has 1 saturated heterocycles. The lowest BCUT2D eigenvalue weighted by Gasteiger charge is -2.04. The molecular weight excluding hydrogens is 219 g/mol. The van der Waals surface area contributed by atoms with Crippen LogP contribution in [0, 0.1) is 5.82 Å². The summed E-state index contributed by atoms with van der Waals surface area (Å²) in [6, 6.07) is 5.95. The maximum Gasteiger partial charge on any atom is 0.178 e. The van der Waals surface area contributed by atoms with Crippen molar-refractivity contribution >= 4 is 16.6 Å². The van der Waals surface area contributed by atoms with E-state index in [0.717, 1.165) is 5.56 Å². The molecule has 0 radical (unpaired) electrons. The molecule has 80 valence electrons. The Morgan fingerprint density at radius 3 is 2.47 bits per heavy atom. The van der Waals surface area contributed by atoms with Gasteiger partial charge in [-0.1, -0.05) is 23.7 Å². The summed E-state index contributed by atoms with van der Waals surface area (Å²) >= 11 is 6.02. The van der Waals surface area contributed by atoms with Gasteiger partial charge in [-0.05, 0) is 23.8 Å². The second-order valence-electron chi connectivity index (χ2n) is 3.13. The van der Waals surface area contributed by atoms with Crippen LogP contribution in [0.2, 0.25) is 0 Å². The van der Waals surface area contributed by atoms with Crippen molar-refractivity contribution in [3.05, 3.63) is 41.7 Å². The van der Waals surface area contributed by atoms with E-state index >= 15 is 0 Å². The van der Waals surface area contributed by atoms with Crippen LogP contribution in [0.15, 0.2) is 30.3 Å². The first-order chi connectivity index (χ1) is 7.25. The van der Waals surface area contributed by atoms with E-state index in [2.05, 4.69) is 0 Å². The summed E-state index contributed by atoms with van der Waals surface area (Å²) < 4.78 is 23.1. The number of halogens is 2. The van der Waals surface area contributed by atoms with Crippen molar-refractivity contribution in [2.45, 2.75) is 6.29 Å². The van der Waals surface area contributed by atoms with Crippen molar-refractivity contribution in [2.75, 3.05) is 13.2 Å². The molecule has 1 aromatic rings. The van der Waals surface area contributed by atoms with E-state index in [0.29, 0.717) is 18.2 Å². The molecule has 0 bridgehead atoms. The molecule has 15 heavy (non-hydrogen) atoms. The summed E-state index contributed by atoms with van der Waals surface area (Å²) in [4.78, 5) is 0. The van der Waals surface area contributed by atoms with Crippen LogP contribution in [0.25, 0.3) is 5.03 Å². The van der Waals surface area contributed by atoms with Crippen LogP contribution < -0.4 is 0 Å². The summed E-state index contributed by atoms with van der Waals surface area (Å²) in [6.45, 7) is 1.16. The van der Waals surface area contributed by atoms with Gasteiger partial charge in [-0.15, -0.1) is 0 Å². The zero-order valence-corrected chi connectivity index (χ0v) is 8.71. The molecule has 1 aliphatic heterocycles. The third kappa shape index (κ3) is 2.78. The van der Waals surface area contributed by atoms with E-state index in [-0.39, 0.29) is 12.1 Å². The molecule has 2 nitrogen and oxygen atoms in total. The van der Waals surface area contributed by atoms with Crippen molar-refractivity contribution in [2.24, 2.45) is 0 Å². The van der Waals surface area contributed by atoms with E-state index in [1.54, 1.807) is 18.2 Å². The molecular formula is C11H10ClFO2. The molecule has 0 aliphatic carbocycles. The lowest BCUT2D eigenvalue weighted by Crippen LogP contribution is -2.02. The smallest absolute Gasteiger partial charge is 0.178 e. The molecule has 0 unspecified atom stereocenters. The van der Waals surface area contributed by atoms with Crippen LogP contribution in [-0.4, -0.2) is 19.5 Å². The van der Waals surface area contributed by atoms with E-state index in [1.165, 1.54) is 12.1 Å². The normalized spacial score (nSPS) is 18.4. The number of hydrogen-bond donors (Lipinski definition) is 0. The lowest BCUT2D eigenvalue weighted by molar-refractivity contribution is -0.00102. The van der Waals surface area contributed by atoms with Crippen molar-refractivity contribution < 1.29 is 13.9 Å². The molecule has 0 saturated carbocycles. The Morgan fingerprint density at radius 1 is 1.27 bits per heavy atom. The average molecular weight is 229 g/mol. The van der Waals surface area contributed by atoms with Crippen molar-refractivity contribution in [1.29, 1.82) is 0 Å². The Kier molecular flexibility index (Phi) is 3.36. The summed E-state index contributed by atoms with van der Waals surface area (Å²) in [5.74, 6) is -0.281. The minimum atomic E-state index is -0.387. The van der Waals surface area contributed by atoms with Gasteiger partial charge >= 0.3 is 0 Å². The van der Waals surface area contributed by atoms with E-state index in [9.17, 15) is 4.39 Å². The monoisotopic (exact) mass is 228 g/mol. The number of ether oxygens (including phenoxy) is 2.